The van der Waals surface area contributed by atoms with Crippen LogP contribution in [0.4, 0.5) is 22.0 Å². The minimum Gasteiger partial charge on any atom is -0.508 e. The van der Waals surface area contributed by atoms with E-state index in [1.807, 2.05) is 0 Å². The van der Waals surface area contributed by atoms with Gasteiger partial charge in [0.2, 0.25) is 0 Å². The molecule has 1 heterocycles. The number of amides is 1. The molecule has 0 saturated carbocycles. The van der Waals surface area contributed by atoms with Crippen LogP contribution in [0.5, 0.6) is 5.75 Å². The molecule has 0 bridgehead atoms. The van der Waals surface area contributed by atoms with Crippen molar-refractivity contribution in [1.82, 2.24) is 4.90 Å². The van der Waals surface area contributed by atoms with E-state index in [1.165, 1.54) is 0 Å². The highest BCUT2D eigenvalue weighted by atomic mass is 19.4. The van der Waals surface area contributed by atoms with Crippen LogP contribution in [0.25, 0.3) is 0 Å². The zero-order valence-electron chi connectivity index (χ0n) is 9.99. The number of rotatable bonds is 1. The second kappa shape index (κ2) is 4.92. The molecule has 2 rings (SSSR count). The highest BCUT2D eigenvalue weighted by molar-refractivity contribution is 5.82. The van der Waals surface area contributed by atoms with Crippen LogP contribution < -0.4 is 0 Å². The Labute approximate surface area is 110 Å². The average Bonchev–Trinajstić information content (AvgIpc) is 2.72. The van der Waals surface area contributed by atoms with Gasteiger partial charge in [0.05, 0.1) is 12.6 Å². The van der Waals surface area contributed by atoms with E-state index in [-0.39, 0.29) is 10.5 Å². The Bertz CT molecular complexity index is 531. The lowest BCUT2D eigenvalue weighted by Crippen LogP contribution is -2.41. The molecule has 2 atom stereocenters. The highest BCUT2D eigenvalue weighted by Crippen LogP contribution is 2.40. The normalized spacial score (nSPS) is 23.1. The molecule has 1 fully saturated rings. The van der Waals surface area contributed by atoms with Crippen LogP contribution in [0, 0.1) is 5.82 Å². The molecule has 20 heavy (non-hydrogen) atoms. The second-order valence-electron chi connectivity index (χ2n) is 4.51. The summed E-state index contributed by atoms with van der Waals surface area (Å²) in [5.74, 6) is -3.48. The number of benzene rings is 1. The van der Waals surface area contributed by atoms with E-state index in [1.54, 1.807) is 0 Å². The van der Waals surface area contributed by atoms with Gasteiger partial charge >= 0.3 is 12.1 Å². The molecule has 3 nitrogen and oxygen atoms in total. The molecular weight excluding hydrogens is 285 g/mol. The molecule has 1 aliphatic rings. The molecule has 8 heteroatoms. The van der Waals surface area contributed by atoms with Crippen LogP contribution in [0.3, 0.4) is 0 Å². The molecule has 1 aromatic carbocycles. The van der Waals surface area contributed by atoms with Crippen molar-refractivity contribution in [2.45, 2.75) is 24.8 Å². The Balaban J connectivity index is 2.38. The summed E-state index contributed by atoms with van der Waals surface area (Å²) in [6.07, 6.45) is -7.22. The minimum absolute atomic E-state index is 0.234. The van der Waals surface area contributed by atoms with Crippen LogP contribution in [0.2, 0.25) is 0 Å². The van der Waals surface area contributed by atoms with Crippen molar-refractivity contribution in [3.05, 3.63) is 29.6 Å². The summed E-state index contributed by atoms with van der Waals surface area (Å²) >= 11 is 0. The summed E-state index contributed by atoms with van der Waals surface area (Å²) in [6.45, 7) is -0.737. The number of nitrogens with zero attached hydrogens (tertiary/aromatic N) is 1. The van der Waals surface area contributed by atoms with Gasteiger partial charge in [0.15, 0.2) is 0 Å². The van der Waals surface area contributed by atoms with E-state index >= 15 is 0 Å². The van der Waals surface area contributed by atoms with Gasteiger partial charge < -0.3 is 10.0 Å². The number of alkyl halides is 4. The van der Waals surface area contributed by atoms with Crippen LogP contribution >= 0.6 is 0 Å². The number of carbonyl (C=O) groups excluding carboxylic acids is 1. The summed E-state index contributed by atoms with van der Waals surface area (Å²) in [4.78, 5) is 11.5. The molecular formula is C12H10F5NO2. The molecule has 0 aromatic heterocycles. The maximum absolute atomic E-state index is 13.4. The third-order valence-corrected chi connectivity index (χ3v) is 3.10. The minimum atomic E-state index is -5.15. The summed E-state index contributed by atoms with van der Waals surface area (Å²) in [7, 11) is 0. The monoisotopic (exact) mass is 295 g/mol. The molecule has 1 N–H and O–H groups in total. The number of hydrogen-bond acceptors (Lipinski definition) is 2. The first-order chi connectivity index (χ1) is 9.20. The van der Waals surface area contributed by atoms with Crippen molar-refractivity contribution in [3.63, 3.8) is 0 Å². The summed E-state index contributed by atoms with van der Waals surface area (Å²) in [5.41, 5.74) is -0.234. The Morgan fingerprint density at radius 1 is 1.35 bits per heavy atom. The molecule has 0 unspecified atom stereocenters. The van der Waals surface area contributed by atoms with Gasteiger partial charge in [-0.05, 0) is 18.2 Å². The van der Waals surface area contributed by atoms with Crippen LogP contribution in [-0.2, 0) is 4.79 Å². The SMILES string of the molecule is O=C(N1C[C@@H](F)C[C@@H]1c1cc(F)ccc1O)C(F)(F)F. The molecule has 1 aromatic rings. The number of phenolic OH excluding ortho intramolecular Hbond substituents is 1. The molecule has 0 radical (unpaired) electrons. The van der Waals surface area contributed by atoms with E-state index in [0.29, 0.717) is 0 Å². The highest BCUT2D eigenvalue weighted by Gasteiger charge is 2.49. The van der Waals surface area contributed by atoms with E-state index in [0.717, 1.165) is 18.2 Å². The lowest BCUT2D eigenvalue weighted by atomic mass is 10.0. The molecule has 1 saturated heterocycles. The first-order valence-electron chi connectivity index (χ1n) is 5.70. The van der Waals surface area contributed by atoms with Gasteiger partial charge in [-0.15, -0.1) is 0 Å². The van der Waals surface area contributed by atoms with Gasteiger partial charge in [0.25, 0.3) is 0 Å². The van der Waals surface area contributed by atoms with Crippen molar-refractivity contribution in [2.24, 2.45) is 0 Å². The zero-order valence-corrected chi connectivity index (χ0v) is 9.99. The molecule has 1 amide bonds. The van der Waals surface area contributed by atoms with Crippen molar-refractivity contribution in [3.8, 4) is 5.75 Å². The van der Waals surface area contributed by atoms with E-state index in [9.17, 15) is 31.9 Å². The lowest BCUT2D eigenvalue weighted by molar-refractivity contribution is -0.186. The van der Waals surface area contributed by atoms with Crippen molar-refractivity contribution < 1.29 is 31.9 Å². The first kappa shape index (κ1) is 14.5. The predicted octanol–water partition coefficient (Wildman–Crippen LogP) is 2.71. The Hall–Kier alpha value is -1.86. The summed E-state index contributed by atoms with van der Waals surface area (Å²) in [5, 5.41) is 9.58. The van der Waals surface area contributed by atoms with Crippen LogP contribution in [0.15, 0.2) is 18.2 Å². The number of carbonyl (C=O) groups is 1. The average molecular weight is 295 g/mol. The predicted molar refractivity (Wildman–Crippen MR) is 58.1 cm³/mol. The topological polar surface area (TPSA) is 40.5 Å². The summed E-state index contributed by atoms with van der Waals surface area (Å²) in [6, 6.07) is 1.33. The number of hydrogen-bond donors (Lipinski definition) is 1. The fraction of sp³-hybridized carbons (Fsp3) is 0.417. The van der Waals surface area contributed by atoms with Gasteiger partial charge in [-0.2, -0.15) is 13.2 Å². The van der Waals surface area contributed by atoms with E-state index in [2.05, 4.69) is 0 Å². The molecule has 110 valence electrons. The second-order valence-corrected chi connectivity index (χ2v) is 4.51. The first-order valence-corrected chi connectivity index (χ1v) is 5.70. The fourth-order valence-corrected chi connectivity index (χ4v) is 2.26. The van der Waals surface area contributed by atoms with Crippen LogP contribution in [0.1, 0.15) is 18.0 Å². The standard InChI is InChI=1S/C12H10F5NO2/c13-6-1-2-10(19)8(3-6)9-4-7(14)5-18(9)11(20)12(15,16)17/h1-3,7,9,19H,4-5H2/t7-,9+/m0/s1. The lowest BCUT2D eigenvalue weighted by Gasteiger charge is -2.26. The number of aromatic hydroxyl groups is 1. The molecule has 0 aliphatic carbocycles. The van der Waals surface area contributed by atoms with Gasteiger partial charge in [0, 0.05) is 12.0 Å². The molecule has 1 aliphatic heterocycles. The number of phenols is 1. The Morgan fingerprint density at radius 3 is 2.60 bits per heavy atom. The molecule has 0 spiro atoms. The van der Waals surface area contributed by atoms with Crippen molar-refractivity contribution in [1.29, 1.82) is 0 Å². The number of likely N-dealkylation sites (tertiary alicyclic amines) is 1. The maximum atomic E-state index is 13.4. The van der Waals surface area contributed by atoms with E-state index in [4.69, 9.17) is 0 Å². The zero-order chi connectivity index (χ0) is 15.1. The fourth-order valence-electron chi connectivity index (χ4n) is 2.26. The number of halogens is 5. The van der Waals surface area contributed by atoms with Gasteiger partial charge in [-0.3, -0.25) is 4.79 Å². The van der Waals surface area contributed by atoms with Crippen LogP contribution in [-0.4, -0.2) is 34.8 Å². The smallest absolute Gasteiger partial charge is 0.471 e. The van der Waals surface area contributed by atoms with Crippen molar-refractivity contribution >= 4 is 5.91 Å². The quantitative estimate of drug-likeness (QED) is 0.809. The third kappa shape index (κ3) is 2.68. The van der Waals surface area contributed by atoms with Gasteiger partial charge in [-0.25, -0.2) is 8.78 Å². The summed E-state index contributed by atoms with van der Waals surface area (Å²) < 4.78 is 63.8. The largest absolute Gasteiger partial charge is 0.508 e. The Morgan fingerprint density at radius 2 is 2.00 bits per heavy atom. The third-order valence-electron chi connectivity index (χ3n) is 3.10. The van der Waals surface area contributed by atoms with Gasteiger partial charge in [-0.1, -0.05) is 0 Å². The van der Waals surface area contributed by atoms with Crippen molar-refractivity contribution in [2.75, 3.05) is 6.54 Å². The van der Waals surface area contributed by atoms with Gasteiger partial charge in [0.1, 0.15) is 17.7 Å². The maximum Gasteiger partial charge on any atom is 0.471 e. The van der Waals surface area contributed by atoms with E-state index < -0.39 is 48.8 Å². The Kier molecular flexibility index (Phi) is 3.58.